The number of hydrogen-bond acceptors (Lipinski definition) is 1. The van der Waals surface area contributed by atoms with Crippen LogP contribution in [0.3, 0.4) is 0 Å². The monoisotopic (exact) mass is 240 g/mol. The number of halogens is 2. The molecule has 0 aliphatic rings. The van der Waals surface area contributed by atoms with Crippen LogP contribution in [0, 0.1) is 13.8 Å². The van der Waals surface area contributed by atoms with Crippen LogP contribution in [0.15, 0.2) is 24.3 Å². The molecule has 2 nitrogen and oxygen atoms in total. The van der Waals surface area contributed by atoms with Crippen molar-refractivity contribution in [3.05, 3.63) is 46.0 Å². The lowest BCUT2D eigenvalue weighted by molar-refractivity contribution is 1.00. The van der Waals surface area contributed by atoms with E-state index in [4.69, 9.17) is 23.2 Å². The van der Waals surface area contributed by atoms with E-state index in [1.165, 1.54) is 0 Å². The van der Waals surface area contributed by atoms with Crippen LogP contribution < -0.4 is 0 Å². The first-order valence-electron chi connectivity index (χ1n) is 4.57. The Balaban J connectivity index is 2.58. The van der Waals surface area contributed by atoms with Crippen LogP contribution in [0.5, 0.6) is 0 Å². The van der Waals surface area contributed by atoms with E-state index in [1.807, 2.05) is 42.7 Å². The summed E-state index contributed by atoms with van der Waals surface area (Å²) in [4.78, 5) is 4.20. The number of rotatable bonds is 1. The topological polar surface area (TPSA) is 17.8 Å². The molecule has 15 heavy (non-hydrogen) atoms. The van der Waals surface area contributed by atoms with Gasteiger partial charge in [-0.2, -0.15) is 0 Å². The highest BCUT2D eigenvalue weighted by Gasteiger charge is 2.10. The van der Waals surface area contributed by atoms with Crippen molar-refractivity contribution in [2.45, 2.75) is 13.8 Å². The Morgan fingerprint density at radius 1 is 1.07 bits per heavy atom. The molecule has 0 unspecified atom stereocenters. The van der Waals surface area contributed by atoms with E-state index in [9.17, 15) is 0 Å². The molecule has 0 amide bonds. The molecule has 0 saturated carbocycles. The van der Waals surface area contributed by atoms with Crippen molar-refractivity contribution in [2.24, 2.45) is 0 Å². The maximum absolute atomic E-state index is 6.04. The second-order valence-corrected chi connectivity index (χ2v) is 4.14. The SMILES string of the molecule is Cc1nc(Cl)n(-c2ccc(Cl)cc2)c1C. The van der Waals surface area contributed by atoms with Gasteiger partial charge in [0.2, 0.25) is 5.28 Å². The first-order valence-corrected chi connectivity index (χ1v) is 5.32. The Labute approximate surface area is 98.5 Å². The lowest BCUT2D eigenvalue weighted by atomic mass is 10.3. The second-order valence-electron chi connectivity index (χ2n) is 3.36. The minimum Gasteiger partial charge on any atom is -0.288 e. The molecule has 0 aliphatic heterocycles. The number of imidazole rings is 1. The molecular formula is C11H10Cl2N2. The standard InChI is InChI=1S/C11H10Cl2N2/c1-7-8(2)15(11(13)14-7)10-5-3-9(12)4-6-10/h3-6H,1-2H3. The van der Waals surface area contributed by atoms with Crippen molar-refractivity contribution >= 4 is 23.2 Å². The zero-order valence-electron chi connectivity index (χ0n) is 8.46. The van der Waals surface area contributed by atoms with E-state index in [0.717, 1.165) is 17.1 Å². The third-order valence-electron chi connectivity index (χ3n) is 2.39. The Morgan fingerprint density at radius 2 is 1.67 bits per heavy atom. The fraction of sp³-hybridized carbons (Fsp3) is 0.182. The summed E-state index contributed by atoms with van der Waals surface area (Å²) in [6.07, 6.45) is 0. The molecule has 0 N–H and O–H groups in total. The molecular weight excluding hydrogens is 231 g/mol. The zero-order chi connectivity index (χ0) is 11.0. The van der Waals surface area contributed by atoms with Gasteiger partial charge in [-0.3, -0.25) is 4.57 Å². The summed E-state index contributed by atoms with van der Waals surface area (Å²) in [7, 11) is 0. The molecule has 1 aromatic carbocycles. The molecule has 4 heteroatoms. The number of aromatic nitrogens is 2. The fourth-order valence-corrected chi connectivity index (χ4v) is 1.94. The highest BCUT2D eigenvalue weighted by molar-refractivity contribution is 6.30. The molecule has 0 saturated heterocycles. The minimum absolute atomic E-state index is 0.479. The van der Waals surface area contributed by atoms with Crippen molar-refractivity contribution in [2.75, 3.05) is 0 Å². The fourth-order valence-electron chi connectivity index (χ4n) is 1.46. The summed E-state index contributed by atoms with van der Waals surface area (Å²) in [6, 6.07) is 7.51. The van der Waals surface area contributed by atoms with Gasteiger partial charge in [-0.15, -0.1) is 0 Å². The average Bonchev–Trinajstić information content (AvgIpc) is 2.44. The van der Waals surface area contributed by atoms with Crippen molar-refractivity contribution < 1.29 is 0 Å². The summed E-state index contributed by atoms with van der Waals surface area (Å²) < 4.78 is 1.90. The van der Waals surface area contributed by atoms with Gasteiger partial charge in [0, 0.05) is 16.4 Å². The van der Waals surface area contributed by atoms with Gasteiger partial charge in [0.05, 0.1) is 5.69 Å². The zero-order valence-corrected chi connectivity index (χ0v) is 9.97. The summed E-state index contributed by atoms with van der Waals surface area (Å²) in [5, 5.41) is 1.19. The Bertz CT molecular complexity index is 486. The van der Waals surface area contributed by atoms with Gasteiger partial charge >= 0.3 is 0 Å². The van der Waals surface area contributed by atoms with Crippen molar-refractivity contribution in [1.29, 1.82) is 0 Å². The normalized spacial score (nSPS) is 10.7. The first-order chi connectivity index (χ1) is 7.09. The summed E-state index contributed by atoms with van der Waals surface area (Å²) >= 11 is 11.9. The summed E-state index contributed by atoms with van der Waals surface area (Å²) in [5.74, 6) is 0. The van der Waals surface area contributed by atoms with Crippen LogP contribution in [-0.4, -0.2) is 9.55 Å². The van der Waals surface area contributed by atoms with Crippen molar-refractivity contribution in [1.82, 2.24) is 9.55 Å². The van der Waals surface area contributed by atoms with E-state index in [0.29, 0.717) is 10.3 Å². The van der Waals surface area contributed by atoms with E-state index in [-0.39, 0.29) is 0 Å². The summed E-state index contributed by atoms with van der Waals surface area (Å²) in [5.41, 5.74) is 2.96. The lowest BCUT2D eigenvalue weighted by Gasteiger charge is -2.06. The molecule has 2 rings (SSSR count). The van der Waals surface area contributed by atoms with Crippen LogP contribution >= 0.6 is 23.2 Å². The highest BCUT2D eigenvalue weighted by atomic mass is 35.5. The van der Waals surface area contributed by atoms with Crippen LogP contribution in [0.1, 0.15) is 11.4 Å². The molecule has 0 radical (unpaired) electrons. The molecule has 0 bridgehead atoms. The van der Waals surface area contributed by atoms with Gasteiger partial charge in [-0.05, 0) is 49.7 Å². The van der Waals surface area contributed by atoms with Crippen LogP contribution in [0.2, 0.25) is 10.3 Å². The molecule has 0 atom stereocenters. The van der Waals surface area contributed by atoms with Gasteiger partial charge in [0.1, 0.15) is 0 Å². The first kappa shape index (κ1) is 10.5. The van der Waals surface area contributed by atoms with Crippen LogP contribution in [0.25, 0.3) is 5.69 Å². The van der Waals surface area contributed by atoms with Crippen molar-refractivity contribution in [3.8, 4) is 5.69 Å². The van der Waals surface area contributed by atoms with Crippen LogP contribution in [0.4, 0.5) is 0 Å². The van der Waals surface area contributed by atoms with Gasteiger partial charge in [0.25, 0.3) is 0 Å². The quantitative estimate of drug-likeness (QED) is 0.742. The molecule has 78 valence electrons. The predicted octanol–water partition coefficient (Wildman–Crippen LogP) is 3.80. The number of hydrogen-bond donors (Lipinski definition) is 0. The third-order valence-corrected chi connectivity index (χ3v) is 2.89. The predicted molar refractivity (Wildman–Crippen MR) is 63.1 cm³/mol. The Kier molecular flexibility index (Phi) is 2.72. The average molecular weight is 241 g/mol. The number of nitrogens with zero attached hydrogens (tertiary/aromatic N) is 2. The minimum atomic E-state index is 0.479. The molecule has 1 aromatic heterocycles. The van der Waals surface area contributed by atoms with Gasteiger partial charge in [-0.1, -0.05) is 11.6 Å². The number of aryl methyl sites for hydroxylation is 1. The highest BCUT2D eigenvalue weighted by Crippen LogP contribution is 2.22. The molecule has 0 fully saturated rings. The van der Waals surface area contributed by atoms with Gasteiger partial charge < -0.3 is 0 Å². The van der Waals surface area contributed by atoms with E-state index in [1.54, 1.807) is 0 Å². The Hall–Kier alpha value is -0.990. The maximum Gasteiger partial charge on any atom is 0.207 e. The molecule has 0 aliphatic carbocycles. The van der Waals surface area contributed by atoms with Gasteiger partial charge in [-0.25, -0.2) is 4.98 Å². The van der Waals surface area contributed by atoms with E-state index in [2.05, 4.69) is 4.98 Å². The second kappa shape index (κ2) is 3.87. The van der Waals surface area contributed by atoms with E-state index >= 15 is 0 Å². The Morgan fingerprint density at radius 3 is 2.13 bits per heavy atom. The molecule has 2 aromatic rings. The summed E-state index contributed by atoms with van der Waals surface area (Å²) in [6.45, 7) is 3.93. The van der Waals surface area contributed by atoms with E-state index < -0.39 is 0 Å². The molecule has 1 heterocycles. The van der Waals surface area contributed by atoms with Gasteiger partial charge in [0.15, 0.2) is 0 Å². The van der Waals surface area contributed by atoms with Crippen molar-refractivity contribution in [3.63, 3.8) is 0 Å². The number of benzene rings is 1. The third kappa shape index (κ3) is 1.87. The molecule has 0 spiro atoms. The smallest absolute Gasteiger partial charge is 0.207 e. The maximum atomic E-state index is 6.04. The lowest BCUT2D eigenvalue weighted by Crippen LogP contribution is -1.96. The van der Waals surface area contributed by atoms with Crippen LogP contribution in [-0.2, 0) is 0 Å². The largest absolute Gasteiger partial charge is 0.288 e.